The number of benzene rings is 1. The van der Waals surface area contributed by atoms with Crippen molar-refractivity contribution < 1.29 is 9.52 Å². The van der Waals surface area contributed by atoms with Crippen molar-refractivity contribution in [3.63, 3.8) is 0 Å². The second kappa shape index (κ2) is 7.61. The lowest BCUT2D eigenvalue weighted by molar-refractivity contribution is 0.0386. The molecule has 1 atom stereocenters. The predicted octanol–water partition coefficient (Wildman–Crippen LogP) is 2.13. The number of hydrogen-bond acceptors (Lipinski definition) is 4. The summed E-state index contributed by atoms with van der Waals surface area (Å²) in [6.45, 7) is 5.13. The lowest BCUT2D eigenvalue weighted by Crippen LogP contribution is -2.44. The summed E-state index contributed by atoms with van der Waals surface area (Å²) in [5.74, 6) is 2.00. The number of fused-ring (bicyclic) bond motifs is 1. The van der Waals surface area contributed by atoms with Crippen molar-refractivity contribution >= 4 is 17.0 Å². The molecular weight excluding hydrogens is 330 g/mol. The fourth-order valence-corrected chi connectivity index (χ4v) is 2.76. The third-order valence-electron chi connectivity index (χ3n) is 4.25. The van der Waals surface area contributed by atoms with E-state index in [2.05, 4.69) is 20.6 Å². The maximum atomic E-state index is 10.6. The highest BCUT2D eigenvalue weighted by Gasteiger charge is 2.26. The molecule has 7 nitrogen and oxygen atoms in total. The highest BCUT2D eigenvalue weighted by Crippen LogP contribution is 2.19. The van der Waals surface area contributed by atoms with Gasteiger partial charge in [0, 0.05) is 13.6 Å². The molecule has 2 heterocycles. The van der Waals surface area contributed by atoms with Crippen LogP contribution in [0.25, 0.3) is 11.0 Å². The Kier molecular flexibility index (Phi) is 5.27. The summed E-state index contributed by atoms with van der Waals surface area (Å²) < 4.78 is 7.35. The first kappa shape index (κ1) is 18.0. The van der Waals surface area contributed by atoms with E-state index >= 15 is 0 Å². The molecule has 0 saturated heterocycles. The normalized spacial score (nSPS) is 14.4. The zero-order valence-corrected chi connectivity index (χ0v) is 15.4. The summed E-state index contributed by atoms with van der Waals surface area (Å²) in [5, 5.41) is 16.9. The Bertz CT molecular complexity index is 881. The first-order valence-corrected chi connectivity index (χ1v) is 8.70. The van der Waals surface area contributed by atoms with Gasteiger partial charge in [-0.25, -0.2) is 9.98 Å². The van der Waals surface area contributed by atoms with Gasteiger partial charge < -0.3 is 24.7 Å². The van der Waals surface area contributed by atoms with Gasteiger partial charge in [-0.05, 0) is 38.1 Å². The third kappa shape index (κ3) is 3.88. The molecule has 1 unspecified atom stereocenters. The molecule has 1 aromatic carbocycles. The quantitative estimate of drug-likeness (QED) is 0.466. The maximum Gasteiger partial charge on any atom is 0.191 e. The molecule has 0 amide bonds. The molecule has 0 fully saturated rings. The van der Waals surface area contributed by atoms with Crippen molar-refractivity contribution in [3.05, 3.63) is 54.2 Å². The molecule has 0 radical (unpaired) electrons. The van der Waals surface area contributed by atoms with Crippen LogP contribution in [0.3, 0.4) is 0 Å². The van der Waals surface area contributed by atoms with Gasteiger partial charge in [0.05, 0.1) is 23.8 Å². The molecule has 3 aromatic rings. The summed E-state index contributed by atoms with van der Waals surface area (Å²) in [6, 6.07) is 11.5. The number of aromatic nitrogens is 2. The highest BCUT2D eigenvalue weighted by atomic mass is 16.4. The first-order valence-electron chi connectivity index (χ1n) is 8.70. The number of aliphatic hydroxyl groups is 1. The van der Waals surface area contributed by atoms with Gasteiger partial charge in [-0.2, -0.15) is 0 Å². The number of nitrogens with one attached hydrogen (secondary N) is 2. The molecule has 138 valence electrons. The van der Waals surface area contributed by atoms with Crippen molar-refractivity contribution in [2.24, 2.45) is 12.0 Å². The Morgan fingerprint density at radius 1 is 1.27 bits per heavy atom. The van der Waals surface area contributed by atoms with Crippen LogP contribution in [0.2, 0.25) is 0 Å². The van der Waals surface area contributed by atoms with E-state index in [0.717, 1.165) is 23.4 Å². The van der Waals surface area contributed by atoms with E-state index in [4.69, 9.17) is 4.42 Å². The molecule has 26 heavy (non-hydrogen) atoms. The number of nitrogens with zero attached hydrogens (tertiary/aromatic N) is 3. The Hall–Kier alpha value is -2.80. The molecule has 3 N–H and O–H groups in total. The molecule has 0 saturated carbocycles. The van der Waals surface area contributed by atoms with E-state index in [1.807, 2.05) is 42.8 Å². The van der Waals surface area contributed by atoms with Crippen molar-refractivity contribution in [1.29, 1.82) is 0 Å². The molecular formula is C19H25N5O2. The summed E-state index contributed by atoms with van der Waals surface area (Å²) in [5.41, 5.74) is 0.910. The Labute approximate surface area is 152 Å². The van der Waals surface area contributed by atoms with Crippen LogP contribution in [0.4, 0.5) is 0 Å². The van der Waals surface area contributed by atoms with Gasteiger partial charge >= 0.3 is 0 Å². The number of aliphatic imine (C=N–C) groups is 1. The molecule has 0 aliphatic carbocycles. The molecule has 0 bridgehead atoms. The van der Waals surface area contributed by atoms with E-state index < -0.39 is 5.60 Å². The van der Waals surface area contributed by atoms with E-state index in [0.29, 0.717) is 18.3 Å². The van der Waals surface area contributed by atoms with Crippen molar-refractivity contribution in [2.75, 3.05) is 13.1 Å². The second-order valence-electron chi connectivity index (χ2n) is 6.38. The number of aryl methyl sites for hydroxylation is 1. The number of guanidine groups is 1. The van der Waals surface area contributed by atoms with Crippen LogP contribution >= 0.6 is 0 Å². The number of furan rings is 1. The molecule has 7 heteroatoms. The van der Waals surface area contributed by atoms with Gasteiger partial charge in [0.2, 0.25) is 0 Å². The minimum atomic E-state index is -1.13. The van der Waals surface area contributed by atoms with Crippen LogP contribution in [0.15, 0.2) is 52.1 Å². The summed E-state index contributed by atoms with van der Waals surface area (Å²) in [6.07, 6.45) is 1.55. The fraction of sp³-hybridized carbons (Fsp3) is 0.368. The largest absolute Gasteiger partial charge is 0.466 e. The fourth-order valence-electron chi connectivity index (χ4n) is 2.76. The minimum absolute atomic E-state index is 0.273. The highest BCUT2D eigenvalue weighted by molar-refractivity contribution is 5.80. The SMILES string of the molecule is CCNC(=NCc1nc2ccccc2n1C)NCC(C)(O)c1ccco1. The van der Waals surface area contributed by atoms with Crippen molar-refractivity contribution in [1.82, 2.24) is 20.2 Å². The number of rotatable bonds is 6. The Morgan fingerprint density at radius 2 is 2.08 bits per heavy atom. The zero-order chi connectivity index (χ0) is 18.6. The average molecular weight is 355 g/mol. The summed E-state index contributed by atoms with van der Waals surface area (Å²) in [4.78, 5) is 9.22. The van der Waals surface area contributed by atoms with Crippen LogP contribution in [0.5, 0.6) is 0 Å². The number of hydrogen-bond donors (Lipinski definition) is 3. The van der Waals surface area contributed by atoms with E-state index in [1.54, 1.807) is 25.3 Å². The van der Waals surface area contributed by atoms with E-state index in [-0.39, 0.29) is 6.54 Å². The third-order valence-corrected chi connectivity index (χ3v) is 4.25. The molecule has 0 aliphatic rings. The molecule has 2 aromatic heterocycles. The van der Waals surface area contributed by atoms with Gasteiger partial charge in [0.1, 0.15) is 23.7 Å². The van der Waals surface area contributed by atoms with Crippen LogP contribution < -0.4 is 10.6 Å². The lowest BCUT2D eigenvalue weighted by Gasteiger charge is -2.22. The maximum absolute atomic E-state index is 10.6. The number of imidazole rings is 1. The van der Waals surface area contributed by atoms with Crippen LogP contribution in [-0.4, -0.2) is 33.7 Å². The van der Waals surface area contributed by atoms with Crippen LogP contribution in [0.1, 0.15) is 25.4 Å². The molecule has 0 spiro atoms. The number of para-hydroxylation sites is 2. The summed E-state index contributed by atoms with van der Waals surface area (Å²) in [7, 11) is 1.99. The van der Waals surface area contributed by atoms with Gasteiger partial charge in [-0.3, -0.25) is 0 Å². The van der Waals surface area contributed by atoms with Crippen molar-refractivity contribution in [2.45, 2.75) is 26.0 Å². The first-order chi connectivity index (χ1) is 12.5. The zero-order valence-electron chi connectivity index (χ0n) is 15.4. The lowest BCUT2D eigenvalue weighted by atomic mass is 10.0. The van der Waals surface area contributed by atoms with Gasteiger partial charge in [-0.1, -0.05) is 12.1 Å². The molecule has 0 aliphatic heterocycles. The monoisotopic (exact) mass is 355 g/mol. The van der Waals surface area contributed by atoms with Gasteiger partial charge in [-0.15, -0.1) is 0 Å². The summed E-state index contributed by atoms with van der Waals surface area (Å²) >= 11 is 0. The second-order valence-corrected chi connectivity index (χ2v) is 6.38. The van der Waals surface area contributed by atoms with E-state index in [9.17, 15) is 5.11 Å². The van der Waals surface area contributed by atoms with Gasteiger partial charge in [0.25, 0.3) is 0 Å². The molecule has 3 rings (SSSR count). The topological polar surface area (TPSA) is 87.6 Å². The average Bonchev–Trinajstić information content (AvgIpc) is 3.27. The van der Waals surface area contributed by atoms with Gasteiger partial charge in [0.15, 0.2) is 5.96 Å². The smallest absolute Gasteiger partial charge is 0.191 e. The van der Waals surface area contributed by atoms with Crippen LogP contribution in [-0.2, 0) is 19.2 Å². The van der Waals surface area contributed by atoms with Crippen molar-refractivity contribution in [3.8, 4) is 0 Å². The predicted molar refractivity (Wildman–Crippen MR) is 102 cm³/mol. The Balaban J connectivity index is 1.71. The van der Waals surface area contributed by atoms with E-state index in [1.165, 1.54) is 0 Å². The Morgan fingerprint density at radius 3 is 2.77 bits per heavy atom. The standard InChI is InChI=1S/C19H25N5O2/c1-4-20-18(22-13-19(2,25)16-10-7-11-26-16)21-12-17-23-14-8-5-6-9-15(14)24(17)3/h5-11,25H,4,12-13H2,1-3H3,(H2,20,21,22). The van der Waals surface area contributed by atoms with Crippen LogP contribution in [0, 0.1) is 0 Å². The minimum Gasteiger partial charge on any atom is -0.466 e.